The zero-order chi connectivity index (χ0) is 31.1. The molecule has 0 bridgehead atoms. The number of nitrogens with one attached hydrogen (secondary N) is 1. The van der Waals surface area contributed by atoms with Crippen molar-refractivity contribution in [2.45, 2.75) is 84.0 Å². The van der Waals surface area contributed by atoms with Gasteiger partial charge in [0.05, 0.1) is 25.4 Å². The molecule has 1 unspecified atom stereocenters. The van der Waals surface area contributed by atoms with Gasteiger partial charge in [0.1, 0.15) is 11.4 Å². The Morgan fingerprint density at radius 1 is 0.976 bits per heavy atom. The Bertz CT molecular complexity index is 1130. The van der Waals surface area contributed by atoms with E-state index in [2.05, 4.69) is 5.32 Å². The number of carbonyl (C=O) groups is 5. The molecule has 41 heavy (non-hydrogen) atoms. The molecule has 0 spiro atoms. The highest BCUT2D eigenvalue weighted by atomic mass is 16.7. The molecule has 1 aromatic carbocycles. The molecule has 0 aromatic heterocycles. The Balaban J connectivity index is 2.35. The summed E-state index contributed by atoms with van der Waals surface area (Å²) in [5.74, 6) is -3.53. The number of anilines is 1. The summed E-state index contributed by atoms with van der Waals surface area (Å²) in [6.07, 6.45) is -9.75. The number of methoxy groups -OCH3 is 1. The topological polar surface area (TPSA) is 208 Å². The van der Waals surface area contributed by atoms with Crippen molar-refractivity contribution in [3.63, 3.8) is 0 Å². The van der Waals surface area contributed by atoms with Crippen LogP contribution in [-0.2, 0) is 47.6 Å². The number of alkyl carbamates (subject to hydrolysis) is 1. The lowest BCUT2D eigenvalue weighted by Crippen LogP contribution is -2.64. The van der Waals surface area contributed by atoms with Crippen molar-refractivity contribution in [1.82, 2.24) is 5.32 Å². The molecule has 1 aliphatic heterocycles. The number of rotatable bonds is 9. The van der Waals surface area contributed by atoms with Gasteiger partial charge < -0.3 is 49.3 Å². The molecule has 15 nitrogen and oxygen atoms in total. The molecule has 228 valence electrons. The maximum atomic E-state index is 12.6. The van der Waals surface area contributed by atoms with Gasteiger partial charge in [0.15, 0.2) is 18.3 Å². The van der Waals surface area contributed by atoms with Gasteiger partial charge in [0, 0.05) is 20.8 Å². The van der Waals surface area contributed by atoms with Crippen molar-refractivity contribution in [2.75, 3.05) is 19.4 Å². The standard InChI is InChI=1S/C26H36N2O13/c1-12(29)36-19-20(37-13(2)30)22(38-14(3)31)24(40-21(19)23(33)35-7)39-18-9-8-15(10-16(18)27)17(32)11-28-25(34)41-26(4,5)6/h8-10,17,19-22,24,32H,11,27H2,1-7H3,(H,28,34)/t17?,19-,20-,21-,22+,24+/m0/s1. The van der Waals surface area contributed by atoms with Crippen LogP contribution in [0.1, 0.15) is 53.2 Å². The minimum atomic E-state index is -1.65. The average Bonchev–Trinajstić information content (AvgIpc) is 2.84. The molecule has 1 aliphatic rings. The van der Waals surface area contributed by atoms with Gasteiger partial charge in [-0.3, -0.25) is 14.4 Å². The summed E-state index contributed by atoms with van der Waals surface area (Å²) in [5, 5.41) is 12.9. The number of hydrogen-bond donors (Lipinski definition) is 3. The number of nitrogen functional groups attached to an aromatic ring is 1. The first-order valence-electron chi connectivity index (χ1n) is 12.5. The van der Waals surface area contributed by atoms with E-state index in [4.69, 9.17) is 38.9 Å². The summed E-state index contributed by atoms with van der Waals surface area (Å²) in [5.41, 5.74) is 5.72. The van der Waals surface area contributed by atoms with E-state index in [1.807, 2.05) is 0 Å². The maximum absolute atomic E-state index is 12.6. The summed E-state index contributed by atoms with van der Waals surface area (Å²) >= 11 is 0. The molecular weight excluding hydrogens is 548 g/mol. The second-order valence-corrected chi connectivity index (χ2v) is 9.98. The minimum absolute atomic E-state index is 0.00948. The molecule has 0 radical (unpaired) electrons. The second-order valence-electron chi connectivity index (χ2n) is 9.98. The van der Waals surface area contributed by atoms with E-state index in [-0.39, 0.29) is 18.0 Å². The van der Waals surface area contributed by atoms with Crippen molar-refractivity contribution in [2.24, 2.45) is 0 Å². The monoisotopic (exact) mass is 584 g/mol. The van der Waals surface area contributed by atoms with E-state index >= 15 is 0 Å². The van der Waals surface area contributed by atoms with Crippen LogP contribution in [0.25, 0.3) is 0 Å². The van der Waals surface area contributed by atoms with E-state index in [9.17, 15) is 29.1 Å². The predicted octanol–water partition coefficient (Wildman–Crippen LogP) is 0.899. The molecule has 0 aliphatic carbocycles. The first kappa shape index (κ1) is 33.1. The largest absolute Gasteiger partial charge is 0.467 e. The summed E-state index contributed by atoms with van der Waals surface area (Å²) in [6, 6.07) is 4.17. The minimum Gasteiger partial charge on any atom is -0.467 e. The van der Waals surface area contributed by atoms with Gasteiger partial charge >= 0.3 is 30.0 Å². The number of aliphatic hydroxyl groups is 1. The van der Waals surface area contributed by atoms with E-state index in [0.29, 0.717) is 5.56 Å². The fourth-order valence-corrected chi connectivity index (χ4v) is 3.79. The predicted molar refractivity (Wildman–Crippen MR) is 138 cm³/mol. The Kier molecular flexibility index (Phi) is 11.3. The number of aliphatic hydroxyl groups excluding tert-OH is 1. The number of amides is 1. The summed E-state index contributed by atoms with van der Waals surface area (Å²) < 4.78 is 37.3. The smallest absolute Gasteiger partial charge is 0.407 e. The van der Waals surface area contributed by atoms with Crippen molar-refractivity contribution in [3.8, 4) is 5.75 Å². The van der Waals surface area contributed by atoms with Crippen LogP contribution in [0.2, 0.25) is 0 Å². The van der Waals surface area contributed by atoms with Crippen LogP contribution >= 0.6 is 0 Å². The number of hydrogen-bond acceptors (Lipinski definition) is 14. The van der Waals surface area contributed by atoms with Crippen molar-refractivity contribution in [1.29, 1.82) is 0 Å². The van der Waals surface area contributed by atoms with Crippen molar-refractivity contribution >= 4 is 35.7 Å². The van der Waals surface area contributed by atoms with Gasteiger partial charge in [0.25, 0.3) is 0 Å². The molecule has 2 rings (SSSR count). The zero-order valence-corrected chi connectivity index (χ0v) is 23.8. The molecule has 1 heterocycles. The van der Waals surface area contributed by atoms with Gasteiger partial charge in [-0.05, 0) is 38.5 Å². The summed E-state index contributed by atoms with van der Waals surface area (Å²) in [4.78, 5) is 60.1. The Labute approximate surface area is 236 Å². The Hall–Kier alpha value is -4.11. The fourth-order valence-electron chi connectivity index (χ4n) is 3.79. The lowest BCUT2D eigenvalue weighted by molar-refractivity contribution is -0.282. The van der Waals surface area contributed by atoms with Crippen LogP contribution in [0.3, 0.4) is 0 Å². The third-order valence-corrected chi connectivity index (χ3v) is 5.33. The summed E-state index contributed by atoms with van der Waals surface area (Å²) in [6.45, 7) is 8.10. The number of nitrogens with two attached hydrogens (primary N) is 1. The second kappa shape index (κ2) is 14.0. The normalized spacial score (nSPS) is 22.9. The molecule has 1 amide bonds. The highest BCUT2D eigenvalue weighted by molar-refractivity contribution is 5.77. The van der Waals surface area contributed by atoms with Crippen molar-refractivity contribution in [3.05, 3.63) is 23.8 Å². The molecule has 0 saturated carbocycles. The van der Waals surface area contributed by atoms with Crippen LogP contribution in [0.4, 0.5) is 10.5 Å². The number of carbonyl (C=O) groups excluding carboxylic acids is 5. The van der Waals surface area contributed by atoms with Crippen LogP contribution in [0, 0.1) is 0 Å². The third-order valence-electron chi connectivity index (χ3n) is 5.33. The molecule has 15 heteroatoms. The van der Waals surface area contributed by atoms with E-state index in [0.717, 1.165) is 27.9 Å². The molecule has 1 saturated heterocycles. The number of benzene rings is 1. The molecular formula is C26H36N2O13. The lowest BCUT2D eigenvalue weighted by Gasteiger charge is -2.43. The molecule has 1 aromatic rings. The first-order chi connectivity index (χ1) is 19.0. The number of esters is 4. The fraction of sp³-hybridized carbons (Fsp3) is 0.577. The SMILES string of the molecule is COC(=O)[C@H]1O[C@@H](Oc2ccc(C(O)CNC(=O)OC(C)(C)C)cc2N)[C@H](OC(C)=O)[C@@H](OC(C)=O)[C@@H]1OC(C)=O. The maximum Gasteiger partial charge on any atom is 0.407 e. The van der Waals surface area contributed by atoms with Gasteiger partial charge in [-0.2, -0.15) is 0 Å². The van der Waals surface area contributed by atoms with Crippen LogP contribution in [0.15, 0.2) is 18.2 Å². The summed E-state index contributed by atoms with van der Waals surface area (Å²) in [7, 11) is 1.06. The first-order valence-corrected chi connectivity index (χ1v) is 12.5. The Morgan fingerprint density at radius 3 is 2.05 bits per heavy atom. The zero-order valence-electron chi connectivity index (χ0n) is 23.8. The van der Waals surface area contributed by atoms with E-state index in [1.54, 1.807) is 20.8 Å². The Morgan fingerprint density at radius 2 is 1.54 bits per heavy atom. The van der Waals surface area contributed by atoms with Crippen molar-refractivity contribution < 1.29 is 62.2 Å². The van der Waals surface area contributed by atoms with Crippen LogP contribution < -0.4 is 15.8 Å². The number of ether oxygens (including phenoxy) is 7. The van der Waals surface area contributed by atoms with Gasteiger partial charge in [-0.1, -0.05) is 6.07 Å². The van der Waals surface area contributed by atoms with Crippen LogP contribution in [0.5, 0.6) is 5.75 Å². The molecule has 1 fully saturated rings. The lowest BCUT2D eigenvalue weighted by atomic mass is 9.97. The van der Waals surface area contributed by atoms with Gasteiger partial charge in [-0.25, -0.2) is 9.59 Å². The van der Waals surface area contributed by atoms with Gasteiger partial charge in [-0.15, -0.1) is 0 Å². The highest BCUT2D eigenvalue weighted by Gasteiger charge is 2.56. The van der Waals surface area contributed by atoms with Crippen LogP contribution in [-0.4, -0.2) is 85.0 Å². The quantitative estimate of drug-likeness (QED) is 0.209. The molecule has 6 atom stereocenters. The van der Waals surface area contributed by atoms with Gasteiger partial charge in [0.2, 0.25) is 12.4 Å². The highest BCUT2D eigenvalue weighted by Crippen LogP contribution is 2.33. The van der Waals surface area contributed by atoms with E-state index < -0.39 is 72.4 Å². The van der Waals surface area contributed by atoms with E-state index in [1.165, 1.54) is 18.2 Å². The third kappa shape index (κ3) is 9.79. The molecule has 4 N–H and O–H groups in total. The average molecular weight is 585 g/mol.